The third-order valence-electron chi connectivity index (χ3n) is 3.16. The van der Waals surface area contributed by atoms with Crippen molar-refractivity contribution in [1.29, 1.82) is 0 Å². The minimum absolute atomic E-state index is 0.0506. The quantitative estimate of drug-likeness (QED) is 0.589. The van der Waals surface area contributed by atoms with E-state index in [2.05, 4.69) is 5.32 Å². The van der Waals surface area contributed by atoms with Crippen molar-refractivity contribution in [3.8, 4) is 0 Å². The van der Waals surface area contributed by atoms with Gasteiger partial charge >= 0.3 is 12.0 Å². The molecule has 1 heterocycles. The minimum Gasteiger partial charge on any atom is -0.480 e. The van der Waals surface area contributed by atoms with Crippen LogP contribution < -0.4 is 5.32 Å². The van der Waals surface area contributed by atoms with Gasteiger partial charge in [-0.1, -0.05) is 12.2 Å². The van der Waals surface area contributed by atoms with Gasteiger partial charge < -0.3 is 20.4 Å². The first-order chi connectivity index (χ1) is 8.08. The summed E-state index contributed by atoms with van der Waals surface area (Å²) in [7, 11) is 0. The Labute approximate surface area is 98.9 Å². The molecule has 1 fully saturated rings. The predicted octanol–water partition coefficient (Wildman–Crippen LogP) is -0.0656. The van der Waals surface area contributed by atoms with E-state index in [4.69, 9.17) is 5.11 Å². The number of hydrogen-bond acceptors (Lipinski definition) is 3. The summed E-state index contributed by atoms with van der Waals surface area (Å²) in [5.41, 5.74) is 0. The molecule has 94 valence electrons. The van der Waals surface area contributed by atoms with Crippen LogP contribution in [0.5, 0.6) is 0 Å². The molecule has 6 heteroatoms. The van der Waals surface area contributed by atoms with Gasteiger partial charge in [0.05, 0.1) is 6.10 Å². The Kier molecular flexibility index (Phi) is 3.33. The number of carboxylic acid groups (broad SMARTS) is 1. The lowest BCUT2D eigenvalue weighted by Crippen LogP contribution is -2.48. The number of likely N-dealkylation sites (tertiary alicyclic amines) is 1. The van der Waals surface area contributed by atoms with Crippen molar-refractivity contribution >= 4 is 12.0 Å². The fourth-order valence-electron chi connectivity index (χ4n) is 2.26. The highest BCUT2D eigenvalue weighted by Crippen LogP contribution is 2.19. The molecule has 0 spiro atoms. The largest absolute Gasteiger partial charge is 0.480 e. The van der Waals surface area contributed by atoms with Gasteiger partial charge in [0.15, 0.2) is 0 Å². The zero-order valence-electron chi connectivity index (χ0n) is 9.37. The zero-order chi connectivity index (χ0) is 12.4. The van der Waals surface area contributed by atoms with Gasteiger partial charge in [0.1, 0.15) is 6.04 Å². The van der Waals surface area contributed by atoms with Crippen LogP contribution >= 0.6 is 0 Å². The van der Waals surface area contributed by atoms with Crippen molar-refractivity contribution in [2.24, 2.45) is 0 Å². The molecule has 0 saturated carbocycles. The van der Waals surface area contributed by atoms with E-state index in [-0.39, 0.29) is 19.0 Å². The topological polar surface area (TPSA) is 89.9 Å². The van der Waals surface area contributed by atoms with Gasteiger partial charge in [0.2, 0.25) is 0 Å². The maximum absolute atomic E-state index is 11.9. The molecule has 3 N–H and O–H groups in total. The van der Waals surface area contributed by atoms with E-state index in [1.165, 1.54) is 4.90 Å². The Bertz CT molecular complexity index is 347. The number of rotatable bonds is 2. The van der Waals surface area contributed by atoms with Crippen LogP contribution in [0.25, 0.3) is 0 Å². The SMILES string of the molecule is O=C(O)[C@@H]1C[C@@H](O)CN1C(=O)NC1CC=CC1. The molecule has 17 heavy (non-hydrogen) atoms. The normalized spacial score (nSPS) is 28.6. The molecule has 0 aromatic carbocycles. The van der Waals surface area contributed by atoms with E-state index < -0.39 is 24.1 Å². The smallest absolute Gasteiger partial charge is 0.326 e. The summed E-state index contributed by atoms with van der Waals surface area (Å²) < 4.78 is 0. The number of urea groups is 1. The number of carbonyl (C=O) groups excluding carboxylic acids is 1. The standard InChI is InChI=1S/C11H16N2O4/c14-8-5-9(10(15)16)13(6-8)11(17)12-7-3-1-2-4-7/h1-2,7-9,14H,3-6H2,(H,12,17)(H,15,16)/t8-,9+/m1/s1. The van der Waals surface area contributed by atoms with Crippen LogP contribution in [0.4, 0.5) is 4.79 Å². The first-order valence-electron chi connectivity index (χ1n) is 5.71. The molecule has 2 rings (SSSR count). The first kappa shape index (κ1) is 11.9. The Morgan fingerprint density at radius 3 is 2.53 bits per heavy atom. The van der Waals surface area contributed by atoms with Crippen LogP contribution in [0.1, 0.15) is 19.3 Å². The van der Waals surface area contributed by atoms with E-state index in [9.17, 15) is 14.7 Å². The fourth-order valence-corrected chi connectivity index (χ4v) is 2.26. The van der Waals surface area contributed by atoms with Gasteiger partial charge in [0, 0.05) is 19.0 Å². The summed E-state index contributed by atoms with van der Waals surface area (Å²) in [6.45, 7) is 0.0863. The van der Waals surface area contributed by atoms with Gasteiger partial charge in [-0.25, -0.2) is 9.59 Å². The van der Waals surface area contributed by atoms with Crippen LogP contribution in [0, 0.1) is 0 Å². The molecule has 2 atom stereocenters. The maximum Gasteiger partial charge on any atom is 0.326 e. The van der Waals surface area contributed by atoms with Crippen LogP contribution in [0.15, 0.2) is 12.2 Å². The summed E-state index contributed by atoms with van der Waals surface area (Å²) >= 11 is 0. The average molecular weight is 240 g/mol. The van der Waals surface area contributed by atoms with E-state index in [1.54, 1.807) is 0 Å². The number of hydrogen-bond donors (Lipinski definition) is 3. The highest BCUT2D eigenvalue weighted by atomic mass is 16.4. The molecule has 1 aliphatic carbocycles. The molecule has 2 amide bonds. The van der Waals surface area contributed by atoms with Crippen molar-refractivity contribution in [2.45, 2.75) is 37.5 Å². The molecule has 0 unspecified atom stereocenters. The molecular weight excluding hydrogens is 224 g/mol. The Hall–Kier alpha value is -1.56. The third kappa shape index (κ3) is 2.58. The molecule has 0 aromatic rings. The Balaban J connectivity index is 1.95. The number of nitrogens with one attached hydrogen (secondary N) is 1. The number of carbonyl (C=O) groups is 2. The number of aliphatic hydroxyl groups is 1. The number of aliphatic hydroxyl groups excluding tert-OH is 1. The lowest BCUT2D eigenvalue weighted by Gasteiger charge is -2.23. The van der Waals surface area contributed by atoms with Gasteiger partial charge in [0.25, 0.3) is 0 Å². The molecule has 0 bridgehead atoms. The lowest BCUT2D eigenvalue weighted by atomic mass is 10.2. The van der Waals surface area contributed by atoms with Gasteiger partial charge in [-0.05, 0) is 12.8 Å². The summed E-state index contributed by atoms with van der Waals surface area (Å²) in [5.74, 6) is -1.07. The highest BCUT2D eigenvalue weighted by Gasteiger charge is 2.39. The minimum atomic E-state index is -1.07. The van der Waals surface area contributed by atoms with Crippen molar-refractivity contribution in [3.05, 3.63) is 12.2 Å². The highest BCUT2D eigenvalue weighted by molar-refractivity contribution is 5.83. The van der Waals surface area contributed by atoms with Crippen molar-refractivity contribution in [2.75, 3.05) is 6.54 Å². The van der Waals surface area contributed by atoms with Gasteiger partial charge in [-0.15, -0.1) is 0 Å². The lowest BCUT2D eigenvalue weighted by molar-refractivity contribution is -0.141. The van der Waals surface area contributed by atoms with Gasteiger partial charge in [-0.2, -0.15) is 0 Å². The van der Waals surface area contributed by atoms with Crippen LogP contribution in [0.2, 0.25) is 0 Å². The molecule has 1 saturated heterocycles. The molecule has 0 aromatic heterocycles. The molecule has 0 radical (unpaired) electrons. The molecular formula is C11H16N2O4. The van der Waals surface area contributed by atoms with E-state index in [0.29, 0.717) is 0 Å². The summed E-state index contributed by atoms with van der Waals surface area (Å²) in [5, 5.41) is 21.2. The Morgan fingerprint density at radius 1 is 1.29 bits per heavy atom. The zero-order valence-corrected chi connectivity index (χ0v) is 9.37. The fraction of sp³-hybridized carbons (Fsp3) is 0.636. The number of carboxylic acids is 1. The van der Waals surface area contributed by atoms with Gasteiger partial charge in [-0.3, -0.25) is 0 Å². The number of nitrogens with zero attached hydrogens (tertiary/aromatic N) is 1. The molecule has 1 aliphatic heterocycles. The number of aliphatic carboxylic acids is 1. The van der Waals surface area contributed by atoms with E-state index in [0.717, 1.165) is 12.8 Å². The second-order valence-corrected chi connectivity index (χ2v) is 4.49. The average Bonchev–Trinajstić information content (AvgIpc) is 2.86. The third-order valence-corrected chi connectivity index (χ3v) is 3.16. The number of β-amino-alcohol motifs (C(OH)–C–C–N with tert-alkyl or cyclic N) is 1. The predicted molar refractivity (Wildman–Crippen MR) is 59.4 cm³/mol. The van der Waals surface area contributed by atoms with Crippen LogP contribution in [-0.2, 0) is 4.79 Å². The molecule has 2 aliphatic rings. The van der Waals surface area contributed by atoms with Crippen molar-refractivity contribution in [3.63, 3.8) is 0 Å². The van der Waals surface area contributed by atoms with Crippen LogP contribution in [-0.4, -0.2) is 51.8 Å². The second kappa shape index (κ2) is 4.75. The van der Waals surface area contributed by atoms with Crippen LogP contribution in [0.3, 0.4) is 0 Å². The summed E-state index contributed by atoms with van der Waals surface area (Å²) in [4.78, 5) is 24.0. The van der Waals surface area contributed by atoms with E-state index in [1.807, 2.05) is 12.2 Å². The summed E-state index contributed by atoms with van der Waals surface area (Å²) in [6.07, 6.45) is 4.88. The monoisotopic (exact) mass is 240 g/mol. The van der Waals surface area contributed by atoms with E-state index >= 15 is 0 Å². The number of amides is 2. The summed E-state index contributed by atoms with van der Waals surface area (Å²) in [6, 6.07) is -1.27. The molecule has 6 nitrogen and oxygen atoms in total. The first-order valence-corrected chi connectivity index (χ1v) is 5.71. The van der Waals surface area contributed by atoms with Crippen molar-refractivity contribution in [1.82, 2.24) is 10.2 Å². The second-order valence-electron chi connectivity index (χ2n) is 4.49. The van der Waals surface area contributed by atoms with Crippen molar-refractivity contribution < 1.29 is 19.8 Å². The Morgan fingerprint density at radius 2 is 1.94 bits per heavy atom. The maximum atomic E-state index is 11.9.